The van der Waals surface area contributed by atoms with E-state index in [1.807, 2.05) is 13.0 Å². The number of aliphatic imine (C=N–C) groups is 1. The van der Waals surface area contributed by atoms with Crippen molar-refractivity contribution in [3.8, 4) is 0 Å². The first-order valence-corrected chi connectivity index (χ1v) is 10.7. The first kappa shape index (κ1) is 26.5. The third-order valence-corrected chi connectivity index (χ3v) is 5.21. The highest BCUT2D eigenvalue weighted by Gasteiger charge is 2.24. The fraction of sp³-hybridized carbons (Fsp3) is 0.636. The summed E-state index contributed by atoms with van der Waals surface area (Å²) >= 11 is 0. The topological polar surface area (TPSA) is 69.2 Å². The van der Waals surface area contributed by atoms with Crippen LogP contribution in [-0.4, -0.2) is 80.8 Å². The number of carbonyl (C=O) groups is 1. The van der Waals surface area contributed by atoms with Gasteiger partial charge in [-0.25, -0.2) is 4.79 Å². The molecule has 1 saturated heterocycles. The summed E-state index contributed by atoms with van der Waals surface area (Å²) in [5.74, 6) is 0.849. The van der Waals surface area contributed by atoms with Crippen molar-refractivity contribution < 1.29 is 9.53 Å². The molecule has 0 saturated carbocycles. The van der Waals surface area contributed by atoms with Crippen LogP contribution in [0.1, 0.15) is 32.3 Å². The van der Waals surface area contributed by atoms with Crippen LogP contribution in [0.25, 0.3) is 0 Å². The first-order valence-electron chi connectivity index (χ1n) is 10.7. The molecule has 30 heavy (non-hydrogen) atoms. The SMILES string of the molecule is CCNC(=NCC(Cc1ccccc1)N(C)C)NC1CCN(C(=O)OCC)CC1.I. The van der Waals surface area contributed by atoms with Crippen LogP contribution in [0.4, 0.5) is 4.79 Å². The molecular weight excluding hydrogens is 493 g/mol. The zero-order valence-corrected chi connectivity index (χ0v) is 21.1. The molecule has 2 N–H and O–H groups in total. The molecule has 170 valence electrons. The van der Waals surface area contributed by atoms with Crippen LogP contribution >= 0.6 is 24.0 Å². The van der Waals surface area contributed by atoms with Crippen LogP contribution in [0, 0.1) is 0 Å². The van der Waals surface area contributed by atoms with Crippen LogP contribution < -0.4 is 10.6 Å². The highest BCUT2D eigenvalue weighted by atomic mass is 127. The van der Waals surface area contributed by atoms with Gasteiger partial charge in [-0.15, -0.1) is 24.0 Å². The third kappa shape index (κ3) is 9.07. The Balaban J connectivity index is 0.00000450. The van der Waals surface area contributed by atoms with E-state index in [-0.39, 0.29) is 30.1 Å². The quantitative estimate of drug-likeness (QED) is 0.307. The summed E-state index contributed by atoms with van der Waals surface area (Å²) in [6.45, 7) is 7.30. The summed E-state index contributed by atoms with van der Waals surface area (Å²) in [6.07, 6.45) is 2.55. The lowest BCUT2D eigenvalue weighted by molar-refractivity contribution is 0.0963. The third-order valence-electron chi connectivity index (χ3n) is 5.21. The molecule has 0 aromatic heterocycles. The maximum atomic E-state index is 11.9. The van der Waals surface area contributed by atoms with Crippen molar-refractivity contribution in [1.29, 1.82) is 0 Å². The van der Waals surface area contributed by atoms with E-state index < -0.39 is 0 Å². The van der Waals surface area contributed by atoms with E-state index in [4.69, 9.17) is 9.73 Å². The average molecular weight is 531 g/mol. The lowest BCUT2D eigenvalue weighted by Gasteiger charge is -2.32. The molecule has 0 aliphatic carbocycles. The largest absolute Gasteiger partial charge is 0.450 e. The maximum absolute atomic E-state index is 11.9. The molecule has 1 heterocycles. The molecule has 1 aliphatic rings. The molecule has 0 bridgehead atoms. The number of hydrogen-bond donors (Lipinski definition) is 2. The van der Waals surface area contributed by atoms with Gasteiger partial charge >= 0.3 is 6.09 Å². The van der Waals surface area contributed by atoms with Gasteiger partial charge in [-0.2, -0.15) is 0 Å². The molecule has 0 spiro atoms. The molecule has 7 nitrogen and oxygen atoms in total. The molecule has 8 heteroatoms. The lowest BCUT2D eigenvalue weighted by atomic mass is 10.1. The van der Waals surface area contributed by atoms with Crippen LogP contribution in [0.3, 0.4) is 0 Å². The zero-order valence-electron chi connectivity index (χ0n) is 18.8. The van der Waals surface area contributed by atoms with Crippen molar-refractivity contribution in [1.82, 2.24) is 20.4 Å². The number of piperidine rings is 1. The summed E-state index contributed by atoms with van der Waals surface area (Å²) in [5, 5.41) is 6.91. The second-order valence-electron chi connectivity index (χ2n) is 7.63. The van der Waals surface area contributed by atoms with E-state index in [0.717, 1.165) is 38.3 Å². The molecule has 1 fully saturated rings. The van der Waals surface area contributed by atoms with Crippen LogP contribution in [0.15, 0.2) is 35.3 Å². The van der Waals surface area contributed by atoms with E-state index in [9.17, 15) is 4.79 Å². The van der Waals surface area contributed by atoms with E-state index in [1.54, 1.807) is 4.90 Å². The van der Waals surface area contributed by atoms with Crippen molar-refractivity contribution in [3.63, 3.8) is 0 Å². The zero-order chi connectivity index (χ0) is 21.1. The molecule has 1 unspecified atom stereocenters. The fourth-order valence-corrected chi connectivity index (χ4v) is 3.43. The number of nitrogens with zero attached hydrogens (tertiary/aromatic N) is 3. The molecule has 0 radical (unpaired) electrons. The summed E-state index contributed by atoms with van der Waals surface area (Å²) < 4.78 is 5.10. The molecule has 1 aromatic rings. The Labute approximate surface area is 198 Å². The maximum Gasteiger partial charge on any atom is 0.409 e. The Bertz CT molecular complexity index is 634. The molecule has 1 aliphatic heterocycles. The van der Waals surface area contributed by atoms with Crippen molar-refractivity contribution in [2.75, 3.05) is 46.9 Å². The summed E-state index contributed by atoms with van der Waals surface area (Å²) in [5.41, 5.74) is 1.32. The Kier molecular flexibility index (Phi) is 12.8. The van der Waals surface area contributed by atoms with Gasteiger partial charge < -0.3 is 25.2 Å². The Morgan fingerprint density at radius 3 is 2.47 bits per heavy atom. The molecule has 1 atom stereocenters. The number of likely N-dealkylation sites (tertiary alicyclic amines) is 1. The standard InChI is InChI=1S/C22H37N5O2.HI/c1-5-23-21(25-19-12-14-27(15-13-19)22(28)29-6-2)24-17-20(26(3)4)16-18-10-8-7-9-11-18;/h7-11,19-20H,5-6,12-17H2,1-4H3,(H2,23,24,25);1H. The number of likely N-dealkylation sites (N-methyl/N-ethyl adjacent to an activating group) is 1. The minimum Gasteiger partial charge on any atom is -0.450 e. The lowest BCUT2D eigenvalue weighted by Crippen LogP contribution is -2.50. The van der Waals surface area contributed by atoms with Gasteiger partial charge in [0.15, 0.2) is 5.96 Å². The Morgan fingerprint density at radius 2 is 1.90 bits per heavy atom. The molecular formula is C22H38IN5O2. The number of ether oxygens (including phenoxy) is 1. The number of halogens is 1. The highest BCUT2D eigenvalue weighted by molar-refractivity contribution is 14.0. The number of benzene rings is 1. The van der Waals surface area contributed by atoms with Gasteiger partial charge in [-0.05, 0) is 52.8 Å². The van der Waals surface area contributed by atoms with Gasteiger partial charge in [0.1, 0.15) is 0 Å². The Hall–Kier alpha value is -1.55. The predicted molar refractivity (Wildman–Crippen MR) is 134 cm³/mol. The first-order chi connectivity index (χ1) is 14.0. The van der Waals surface area contributed by atoms with E-state index in [2.05, 4.69) is 60.8 Å². The summed E-state index contributed by atoms with van der Waals surface area (Å²) in [4.78, 5) is 20.7. The van der Waals surface area contributed by atoms with Gasteiger partial charge in [-0.3, -0.25) is 4.99 Å². The van der Waals surface area contributed by atoms with Crippen molar-refractivity contribution in [2.24, 2.45) is 4.99 Å². The van der Waals surface area contributed by atoms with Crippen LogP contribution in [-0.2, 0) is 11.2 Å². The van der Waals surface area contributed by atoms with Gasteiger partial charge in [0.05, 0.1) is 13.2 Å². The highest BCUT2D eigenvalue weighted by Crippen LogP contribution is 2.12. The molecule has 1 amide bonds. The summed E-state index contributed by atoms with van der Waals surface area (Å²) in [7, 11) is 4.21. The minimum absolute atomic E-state index is 0. The van der Waals surface area contributed by atoms with Crippen LogP contribution in [0.2, 0.25) is 0 Å². The normalized spacial score (nSPS) is 16.0. The van der Waals surface area contributed by atoms with Crippen LogP contribution in [0.5, 0.6) is 0 Å². The summed E-state index contributed by atoms with van der Waals surface area (Å²) in [6, 6.07) is 11.2. The van der Waals surface area contributed by atoms with Gasteiger partial charge in [0.2, 0.25) is 0 Å². The van der Waals surface area contributed by atoms with Crippen molar-refractivity contribution in [2.45, 2.75) is 45.2 Å². The van der Waals surface area contributed by atoms with Gasteiger partial charge in [0.25, 0.3) is 0 Å². The smallest absolute Gasteiger partial charge is 0.409 e. The number of rotatable bonds is 8. The van der Waals surface area contributed by atoms with E-state index >= 15 is 0 Å². The Morgan fingerprint density at radius 1 is 1.23 bits per heavy atom. The van der Waals surface area contributed by atoms with Crippen molar-refractivity contribution >= 4 is 36.0 Å². The molecule has 2 rings (SSSR count). The van der Waals surface area contributed by atoms with Crippen molar-refractivity contribution in [3.05, 3.63) is 35.9 Å². The minimum atomic E-state index is -0.207. The number of carbonyl (C=O) groups excluding carboxylic acids is 1. The molecule has 1 aromatic carbocycles. The monoisotopic (exact) mass is 531 g/mol. The number of guanidine groups is 1. The van der Waals surface area contributed by atoms with Gasteiger partial charge in [0, 0.05) is 31.7 Å². The number of hydrogen-bond acceptors (Lipinski definition) is 4. The second-order valence-corrected chi connectivity index (χ2v) is 7.63. The van der Waals surface area contributed by atoms with Gasteiger partial charge in [-0.1, -0.05) is 30.3 Å². The van der Waals surface area contributed by atoms with E-state index in [0.29, 0.717) is 31.8 Å². The number of nitrogens with one attached hydrogen (secondary N) is 2. The second kappa shape index (κ2) is 14.5. The predicted octanol–water partition coefficient (Wildman–Crippen LogP) is 2.95. The average Bonchev–Trinajstić information content (AvgIpc) is 2.72. The fourth-order valence-electron chi connectivity index (χ4n) is 3.43. The van der Waals surface area contributed by atoms with E-state index in [1.165, 1.54) is 5.56 Å². The number of amides is 1.